The van der Waals surface area contributed by atoms with Gasteiger partial charge < -0.3 is 14.8 Å². The first-order valence-electron chi connectivity index (χ1n) is 6.41. The Balaban J connectivity index is 1.78. The smallest absolute Gasteiger partial charge is 0.231 e. The van der Waals surface area contributed by atoms with Crippen molar-refractivity contribution in [2.75, 3.05) is 12.1 Å². The number of aromatic nitrogens is 1. The average Bonchev–Trinajstić information content (AvgIpc) is 3.06. The number of rotatable bonds is 4. The van der Waals surface area contributed by atoms with Gasteiger partial charge in [0, 0.05) is 17.4 Å². The summed E-state index contributed by atoms with van der Waals surface area (Å²) in [6.07, 6.45) is 1.34. The SMILES string of the molecule is CCCC(=O)Nc1nc(-c2ccc3c(c2)OCO3)cs1. The molecule has 0 spiro atoms. The molecule has 104 valence electrons. The Kier molecular flexibility index (Phi) is 3.56. The fourth-order valence-corrected chi connectivity index (χ4v) is 2.66. The molecule has 3 rings (SSSR count). The number of nitrogens with one attached hydrogen (secondary N) is 1. The lowest BCUT2D eigenvalue weighted by molar-refractivity contribution is -0.116. The van der Waals surface area contributed by atoms with Gasteiger partial charge in [-0.3, -0.25) is 4.79 Å². The highest BCUT2D eigenvalue weighted by molar-refractivity contribution is 7.14. The van der Waals surface area contributed by atoms with Gasteiger partial charge in [-0.05, 0) is 24.6 Å². The maximum Gasteiger partial charge on any atom is 0.231 e. The molecule has 0 unspecified atom stereocenters. The fourth-order valence-electron chi connectivity index (χ4n) is 1.93. The van der Waals surface area contributed by atoms with E-state index in [1.165, 1.54) is 11.3 Å². The molecular formula is C14H14N2O3S. The molecule has 0 radical (unpaired) electrons. The second-order valence-corrected chi connectivity index (χ2v) is 5.26. The predicted molar refractivity (Wildman–Crippen MR) is 77.2 cm³/mol. The van der Waals surface area contributed by atoms with E-state index < -0.39 is 0 Å². The lowest BCUT2D eigenvalue weighted by Gasteiger charge is -2.00. The third-order valence-corrected chi connectivity index (χ3v) is 3.65. The number of ether oxygens (including phenoxy) is 2. The zero-order chi connectivity index (χ0) is 13.9. The summed E-state index contributed by atoms with van der Waals surface area (Å²) < 4.78 is 10.6. The number of nitrogens with zero attached hydrogens (tertiary/aromatic N) is 1. The third-order valence-electron chi connectivity index (χ3n) is 2.90. The summed E-state index contributed by atoms with van der Waals surface area (Å²) in [5.41, 5.74) is 1.77. The Morgan fingerprint density at radius 1 is 1.40 bits per heavy atom. The van der Waals surface area contributed by atoms with Gasteiger partial charge in [-0.25, -0.2) is 4.98 Å². The van der Waals surface area contributed by atoms with Gasteiger partial charge in [-0.15, -0.1) is 11.3 Å². The zero-order valence-corrected chi connectivity index (χ0v) is 11.8. The largest absolute Gasteiger partial charge is 0.454 e. The lowest BCUT2D eigenvalue weighted by atomic mass is 10.1. The van der Waals surface area contributed by atoms with Gasteiger partial charge in [0.25, 0.3) is 0 Å². The van der Waals surface area contributed by atoms with E-state index in [-0.39, 0.29) is 12.7 Å². The van der Waals surface area contributed by atoms with Gasteiger partial charge in [-0.1, -0.05) is 6.92 Å². The van der Waals surface area contributed by atoms with Crippen LogP contribution in [0.2, 0.25) is 0 Å². The number of benzene rings is 1. The van der Waals surface area contributed by atoms with Crippen LogP contribution in [0.15, 0.2) is 23.6 Å². The number of anilines is 1. The first-order valence-corrected chi connectivity index (χ1v) is 7.29. The first-order chi connectivity index (χ1) is 9.76. The highest BCUT2D eigenvalue weighted by Gasteiger charge is 2.15. The van der Waals surface area contributed by atoms with E-state index in [2.05, 4.69) is 10.3 Å². The highest BCUT2D eigenvalue weighted by atomic mass is 32.1. The molecule has 1 aromatic carbocycles. The van der Waals surface area contributed by atoms with E-state index in [1.54, 1.807) is 0 Å². The van der Waals surface area contributed by atoms with Crippen molar-refractivity contribution >= 4 is 22.4 Å². The van der Waals surface area contributed by atoms with Gasteiger partial charge >= 0.3 is 0 Å². The van der Waals surface area contributed by atoms with Crippen LogP contribution in [0, 0.1) is 0 Å². The Hall–Kier alpha value is -2.08. The molecule has 1 N–H and O–H groups in total. The molecule has 0 atom stereocenters. The number of thiazole rings is 1. The summed E-state index contributed by atoms with van der Waals surface area (Å²) in [5.74, 6) is 1.48. The van der Waals surface area contributed by atoms with Crippen molar-refractivity contribution in [2.24, 2.45) is 0 Å². The average molecular weight is 290 g/mol. The molecule has 0 saturated heterocycles. The van der Waals surface area contributed by atoms with Crippen LogP contribution in [0.5, 0.6) is 11.5 Å². The Morgan fingerprint density at radius 3 is 3.10 bits per heavy atom. The monoisotopic (exact) mass is 290 g/mol. The molecule has 6 heteroatoms. The van der Waals surface area contributed by atoms with Crippen molar-refractivity contribution in [2.45, 2.75) is 19.8 Å². The maximum absolute atomic E-state index is 11.5. The topological polar surface area (TPSA) is 60.5 Å². The predicted octanol–water partition coefficient (Wildman–Crippen LogP) is 3.28. The van der Waals surface area contributed by atoms with Crippen molar-refractivity contribution in [1.82, 2.24) is 4.98 Å². The first kappa shape index (κ1) is 12.9. The van der Waals surface area contributed by atoms with Crippen molar-refractivity contribution in [3.8, 4) is 22.8 Å². The second-order valence-electron chi connectivity index (χ2n) is 4.40. The molecular weight excluding hydrogens is 276 g/mol. The summed E-state index contributed by atoms with van der Waals surface area (Å²) in [7, 11) is 0. The third kappa shape index (κ3) is 2.60. The van der Waals surface area contributed by atoms with Crippen LogP contribution < -0.4 is 14.8 Å². The zero-order valence-electron chi connectivity index (χ0n) is 11.0. The van der Waals surface area contributed by atoms with Gasteiger partial charge in [0.05, 0.1) is 5.69 Å². The number of hydrogen-bond donors (Lipinski definition) is 1. The molecule has 2 heterocycles. The van der Waals surface area contributed by atoms with E-state index >= 15 is 0 Å². The quantitative estimate of drug-likeness (QED) is 0.938. The van der Waals surface area contributed by atoms with Crippen LogP contribution in [-0.4, -0.2) is 17.7 Å². The number of carbonyl (C=O) groups is 1. The minimum Gasteiger partial charge on any atom is -0.454 e. The van der Waals surface area contributed by atoms with Crippen molar-refractivity contribution in [3.63, 3.8) is 0 Å². The minimum atomic E-state index is -0.000846. The molecule has 0 aliphatic carbocycles. The molecule has 5 nitrogen and oxygen atoms in total. The number of carbonyl (C=O) groups excluding carboxylic acids is 1. The Bertz CT molecular complexity index is 639. The normalized spacial score (nSPS) is 12.4. The molecule has 20 heavy (non-hydrogen) atoms. The standard InChI is InChI=1S/C14H14N2O3S/c1-2-3-13(17)16-14-15-10(7-20-14)9-4-5-11-12(6-9)19-8-18-11/h4-7H,2-3,8H2,1H3,(H,15,16,17). The van der Waals surface area contributed by atoms with Crippen LogP contribution in [-0.2, 0) is 4.79 Å². The maximum atomic E-state index is 11.5. The molecule has 0 saturated carbocycles. The number of fused-ring (bicyclic) bond motifs is 1. The summed E-state index contributed by atoms with van der Waals surface area (Å²) >= 11 is 1.42. The fraction of sp³-hybridized carbons (Fsp3) is 0.286. The van der Waals surface area contributed by atoms with Crippen LogP contribution in [0.25, 0.3) is 11.3 Å². The number of hydrogen-bond acceptors (Lipinski definition) is 5. The van der Waals surface area contributed by atoms with Crippen molar-refractivity contribution in [1.29, 1.82) is 0 Å². The van der Waals surface area contributed by atoms with Gasteiger partial charge in [0.2, 0.25) is 12.7 Å². The Morgan fingerprint density at radius 2 is 2.25 bits per heavy atom. The second kappa shape index (κ2) is 5.50. The van der Waals surface area contributed by atoms with E-state index in [1.807, 2.05) is 30.5 Å². The molecule has 1 aliphatic rings. The van der Waals surface area contributed by atoms with Crippen LogP contribution >= 0.6 is 11.3 Å². The van der Waals surface area contributed by atoms with Gasteiger partial charge in [-0.2, -0.15) is 0 Å². The summed E-state index contributed by atoms with van der Waals surface area (Å²) in [6.45, 7) is 2.23. The molecule has 1 amide bonds. The van der Waals surface area contributed by atoms with Crippen molar-refractivity contribution < 1.29 is 14.3 Å². The van der Waals surface area contributed by atoms with Crippen LogP contribution in [0.4, 0.5) is 5.13 Å². The van der Waals surface area contributed by atoms with E-state index in [4.69, 9.17) is 9.47 Å². The molecule has 0 fully saturated rings. The molecule has 1 aromatic heterocycles. The van der Waals surface area contributed by atoms with E-state index in [0.29, 0.717) is 11.6 Å². The van der Waals surface area contributed by atoms with E-state index in [9.17, 15) is 4.79 Å². The summed E-state index contributed by atoms with van der Waals surface area (Å²) in [6, 6.07) is 5.70. The number of amides is 1. The summed E-state index contributed by atoms with van der Waals surface area (Å²) in [4.78, 5) is 15.9. The molecule has 2 aromatic rings. The van der Waals surface area contributed by atoms with E-state index in [0.717, 1.165) is 29.2 Å². The highest BCUT2D eigenvalue weighted by Crippen LogP contribution is 2.36. The van der Waals surface area contributed by atoms with Crippen molar-refractivity contribution in [3.05, 3.63) is 23.6 Å². The van der Waals surface area contributed by atoms with Crippen LogP contribution in [0.1, 0.15) is 19.8 Å². The Labute approximate surface area is 120 Å². The lowest BCUT2D eigenvalue weighted by Crippen LogP contribution is -2.10. The van der Waals surface area contributed by atoms with Gasteiger partial charge in [0.15, 0.2) is 16.6 Å². The van der Waals surface area contributed by atoms with Gasteiger partial charge in [0.1, 0.15) is 0 Å². The summed E-state index contributed by atoms with van der Waals surface area (Å²) in [5, 5.41) is 5.34. The molecule has 0 bridgehead atoms. The van der Waals surface area contributed by atoms with Crippen LogP contribution in [0.3, 0.4) is 0 Å². The molecule has 1 aliphatic heterocycles. The minimum absolute atomic E-state index is 0.000846.